The molecule has 0 saturated carbocycles. The second kappa shape index (κ2) is 8.98. The summed E-state index contributed by atoms with van der Waals surface area (Å²) >= 11 is 0. The van der Waals surface area contributed by atoms with Crippen molar-refractivity contribution in [2.24, 2.45) is 0 Å². The molecule has 0 unspecified atom stereocenters. The SMILES string of the molecule is CC/C(=C/F)COc1ccc2nc(NCc3ccc(N4CCCC4=O)cc3)oc2c1. The summed E-state index contributed by atoms with van der Waals surface area (Å²) in [5, 5.41) is 3.18. The summed E-state index contributed by atoms with van der Waals surface area (Å²) in [4.78, 5) is 18.1. The molecule has 1 N–H and O–H groups in total. The van der Waals surface area contributed by atoms with Gasteiger partial charge in [0.15, 0.2) is 5.58 Å². The van der Waals surface area contributed by atoms with Crippen molar-refractivity contribution in [3.05, 3.63) is 59.9 Å². The van der Waals surface area contributed by atoms with Crippen molar-refractivity contribution in [1.29, 1.82) is 0 Å². The predicted octanol–water partition coefficient (Wildman–Crippen LogP) is 5.21. The lowest BCUT2D eigenvalue weighted by atomic mass is 10.2. The molecular formula is C23H24FN3O3. The minimum absolute atomic E-state index is 0.183. The largest absolute Gasteiger partial charge is 0.489 e. The number of benzene rings is 2. The summed E-state index contributed by atoms with van der Waals surface area (Å²) in [6.45, 7) is 3.42. The van der Waals surface area contributed by atoms with Gasteiger partial charge in [0.25, 0.3) is 6.01 Å². The normalized spacial score (nSPS) is 14.5. The minimum Gasteiger partial charge on any atom is -0.489 e. The molecule has 1 saturated heterocycles. The van der Waals surface area contributed by atoms with Gasteiger partial charge in [-0.05, 0) is 48.2 Å². The Morgan fingerprint density at radius 3 is 2.83 bits per heavy atom. The second-order valence-electron chi connectivity index (χ2n) is 7.23. The predicted molar refractivity (Wildman–Crippen MR) is 114 cm³/mol. The van der Waals surface area contributed by atoms with Gasteiger partial charge in [-0.15, -0.1) is 0 Å². The number of hydrogen-bond donors (Lipinski definition) is 1. The average molecular weight is 409 g/mol. The Bertz CT molecular complexity index is 1060. The van der Waals surface area contributed by atoms with Gasteiger partial charge in [0.2, 0.25) is 5.91 Å². The molecule has 1 amide bonds. The third-order valence-electron chi connectivity index (χ3n) is 5.16. The monoisotopic (exact) mass is 409 g/mol. The number of nitrogens with one attached hydrogen (secondary N) is 1. The van der Waals surface area contributed by atoms with Crippen LogP contribution in [0, 0.1) is 0 Å². The molecule has 2 aromatic carbocycles. The van der Waals surface area contributed by atoms with E-state index in [1.165, 1.54) is 0 Å². The lowest BCUT2D eigenvalue weighted by molar-refractivity contribution is -0.117. The molecule has 0 spiro atoms. The van der Waals surface area contributed by atoms with Gasteiger partial charge in [0.1, 0.15) is 17.9 Å². The fourth-order valence-corrected chi connectivity index (χ4v) is 3.35. The molecule has 3 aromatic rings. The highest BCUT2D eigenvalue weighted by Gasteiger charge is 2.21. The summed E-state index contributed by atoms with van der Waals surface area (Å²) in [7, 11) is 0. The first-order chi connectivity index (χ1) is 14.7. The second-order valence-corrected chi connectivity index (χ2v) is 7.23. The number of rotatable bonds is 8. The number of oxazole rings is 1. The molecule has 1 aliphatic heterocycles. The number of halogens is 1. The van der Waals surface area contributed by atoms with Crippen molar-refractivity contribution in [2.75, 3.05) is 23.4 Å². The quantitative estimate of drug-likeness (QED) is 0.553. The first-order valence-electron chi connectivity index (χ1n) is 10.1. The van der Waals surface area contributed by atoms with Gasteiger partial charge >= 0.3 is 0 Å². The summed E-state index contributed by atoms with van der Waals surface area (Å²) in [6, 6.07) is 13.7. The van der Waals surface area contributed by atoms with Crippen LogP contribution in [-0.4, -0.2) is 24.0 Å². The maximum Gasteiger partial charge on any atom is 0.295 e. The van der Waals surface area contributed by atoms with Crippen LogP contribution in [0.4, 0.5) is 16.1 Å². The van der Waals surface area contributed by atoms with E-state index in [-0.39, 0.29) is 12.5 Å². The highest BCUT2D eigenvalue weighted by Crippen LogP contribution is 2.25. The fourth-order valence-electron chi connectivity index (χ4n) is 3.35. The van der Waals surface area contributed by atoms with Crippen LogP contribution in [0.25, 0.3) is 11.1 Å². The Hall–Kier alpha value is -3.35. The van der Waals surface area contributed by atoms with Crippen molar-refractivity contribution in [3.8, 4) is 5.75 Å². The molecule has 1 aromatic heterocycles. The average Bonchev–Trinajstić information content (AvgIpc) is 3.38. The molecule has 30 heavy (non-hydrogen) atoms. The number of carbonyl (C=O) groups is 1. The molecule has 7 heteroatoms. The van der Waals surface area contributed by atoms with E-state index in [0.717, 1.165) is 24.2 Å². The van der Waals surface area contributed by atoms with Gasteiger partial charge in [-0.25, -0.2) is 4.39 Å². The van der Waals surface area contributed by atoms with Crippen molar-refractivity contribution in [3.63, 3.8) is 0 Å². The van der Waals surface area contributed by atoms with Crippen molar-refractivity contribution < 1.29 is 18.3 Å². The zero-order valence-electron chi connectivity index (χ0n) is 16.9. The topological polar surface area (TPSA) is 67.6 Å². The highest BCUT2D eigenvalue weighted by atomic mass is 19.1. The summed E-state index contributed by atoms with van der Waals surface area (Å²) in [5.74, 6) is 0.785. The Morgan fingerprint density at radius 1 is 1.30 bits per heavy atom. The lowest BCUT2D eigenvalue weighted by Crippen LogP contribution is -2.23. The number of anilines is 2. The van der Waals surface area contributed by atoms with Gasteiger partial charge in [-0.2, -0.15) is 4.98 Å². The van der Waals surface area contributed by atoms with Crippen molar-refractivity contribution in [1.82, 2.24) is 4.98 Å². The van der Waals surface area contributed by atoms with E-state index in [2.05, 4.69) is 10.3 Å². The molecule has 0 bridgehead atoms. The van der Waals surface area contributed by atoms with E-state index in [1.54, 1.807) is 12.1 Å². The molecular weight excluding hydrogens is 385 g/mol. The van der Waals surface area contributed by atoms with Crippen LogP contribution < -0.4 is 15.0 Å². The van der Waals surface area contributed by atoms with Crippen molar-refractivity contribution in [2.45, 2.75) is 32.7 Å². The Labute approximate surface area is 174 Å². The first kappa shape index (κ1) is 19.9. The molecule has 0 radical (unpaired) electrons. The molecule has 156 valence electrons. The molecule has 0 atom stereocenters. The molecule has 1 aliphatic rings. The molecule has 4 rings (SSSR count). The number of aromatic nitrogens is 1. The molecule has 1 fully saturated rings. The van der Waals surface area contributed by atoms with Gasteiger partial charge in [-0.3, -0.25) is 4.79 Å². The maximum absolute atomic E-state index is 12.7. The van der Waals surface area contributed by atoms with Crippen LogP contribution >= 0.6 is 0 Å². The molecule has 6 nitrogen and oxygen atoms in total. The number of nitrogens with zero attached hydrogens (tertiary/aromatic N) is 2. The molecule has 0 aliphatic carbocycles. The summed E-state index contributed by atoms with van der Waals surface area (Å²) < 4.78 is 24.0. The highest BCUT2D eigenvalue weighted by molar-refractivity contribution is 5.95. The number of hydrogen-bond acceptors (Lipinski definition) is 5. The number of amides is 1. The van der Waals surface area contributed by atoms with Crippen LogP contribution in [0.5, 0.6) is 5.75 Å². The summed E-state index contributed by atoms with van der Waals surface area (Å²) in [5.41, 5.74) is 3.89. The number of fused-ring (bicyclic) bond motifs is 1. The third-order valence-corrected chi connectivity index (χ3v) is 5.16. The Kier molecular flexibility index (Phi) is 5.97. The van der Waals surface area contributed by atoms with E-state index in [0.29, 0.717) is 54.2 Å². The van der Waals surface area contributed by atoms with Gasteiger partial charge in [0.05, 0.1) is 6.33 Å². The van der Waals surface area contributed by atoms with Crippen LogP contribution in [0.2, 0.25) is 0 Å². The van der Waals surface area contributed by atoms with Crippen molar-refractivity contribution >= 4 is 28.7 Å². The van der Waals surface area contributed by atoms with E-state index < -0.39 is 0 Å². The smallest absolute Gasteiger partial charge is 0.295 e. The van der Waals surface area contributed by atoms with Crippen LogP contribution in [-0.2, 0) is 11.3 Å². The minimum atomic E-state index is 0.183. The lowest BCUT2D eigenvalue weighted by Gasteiger charge is -2.15. The third kappa shape index (κ3) is 4.45. The summed E-state index contributed by atoms with van der Waals surface area (Å²) in [6.07, 6.45) is 2.73. The number of carbonyl (C=O) groups excluding carboxylic acids is 1. The Balaban J connectivity index is 1.37. The van der Waals surface area contributed by atoms with Crippen LogP contribution in [0.15, 0.2) is 58.8 Å². The zero-order chi connectivity index (χ0) is 20.9. The van der Waals surface area contributed by atoms with Gasteiger partial charge in [0, 0.05) is 31.3 Å². The maximum atomic E-state index is 12.7. The van der Waals surface area contributed by atoms with E-state index in [1.807, 2.05) is 42.2 Å². The Morgan fingerprint density at radius 2 is 2.13 bits per heavy atom. The number of ether oxygens (including phenoxy) is 1. The van der Waals surface area contributed by atoms with Crippen LogP contribution in [0.1, 0.15) is 31.7 Å². The van der Waals surface area contributed by atoms with Gasteiger partial charge < -0.3 is 19.4 Å². The van der Waals surface area contributed by atoms with Crippen LogP contribution in [0.3, 0.4) is 0 Å². The molecule has 2 heterocycles. The van der Waals surface area contributed by atoms with E-state index in [9.17, 15) is 9.18 Å². The first-order valence-corrected chi connectivity index (χ1v) is 10.1. The standard InChI is InChI=1S/C23H24FN3O3/c1-2-16(13-24)15-29-19-9-10-20-21(12-19)30-23(26-20)25-14-17-5-7-18(8-6-17)27-11-3-4-22(27)28/h5-10,12-13H,2-4,11,14-15H2,1H3,(H,25,26)/b16-13-. The van der Waals surface area contributed by atoms with E-state index in [4.69, 9.17) is 9.15 Å². The van der Waals surface area contributed by atoms with E-state index >= 15 is 0 Å². The fraction of sp³-hybridized carbons (Fsp3) is 0.304. The van der Waals surface area contributed by atoms with Gasteiger partial charge in [-0.1, -0.05) is 19.1 Å². The zero-order valence-corrected chi connectivity index (χ0v) is 16.9.